The first-order valence-corrected chi connectivity index (χ1v) is 6.09. The lowest BCUT2D eigenvalue weighted by Crippen LogP contribution is -2.08. The number of hydrogen-bond acceptors (Lipinski definition) is 1. The Bertz CT molecular complexity index is 521. The third kappa shape index (κ3) is 1.37. The number of aromatic nitrogens is 1. The number of hydrogen-bond donors (Lipinski definition) is 1. The standard InChI is InChI=1S/C14H18N2/c1-16-12-5-3-2-4-11(12)14(10-6-7-10)13(16)8-9-15/h2-5,10H,6-9,15H2,1H3. The lowest BCUT2D eigenvalue weighted by atomic mass is 10.0. The second-order valence-corrected chi connectivity index (χ2v) is 4.75. The van der Waals surface area contributed by atoms with Crippen molar-refractivity contribution in [2.75, 3.05) is 6.54 Å². The molecule has 0 spiro atoms. The summed E-state index contributed by atoms with van der Waals surface area (Å²) in [6.45, 7) is 0.740. The van der Waals surface area contributed by atoms with Gasteiger partial charge in [-0.3, -0.25) is 0 Å². The normalized spacial score (nSPS) is 15.9. The van der Waals surface area contributed by atoms with Gasteiger partial charge < -0.3 is 10.3 Å². The van der Waals surface area contributed by atoms with Gasteiger partial charge in [0.25, 0.3) is 0 Å². The van der Waals surface area contributed by atoms with E-state index in [4.69, 9.17) is 5.73 Å². The van der Waals surface area contributed by atoms with Crippen molar-refractivity contribution in [3.63, 3.8) is 0 Å². The van der Waals surface area contributed by atoms with Crippen molar-refractivity contribution >= 4 is 10.9 Å². The topological polar surface area (TPSA) is 30.9 Å². The molecule has 16 heavy (non-hydrogen) atoms. The van der Waals surface area contributed by atoms with Crippen LogP contribution in [0.5, 0.6) is 0 Å². The Hall–Kier alpha value is -1.28. The highest BCUT2D eigenvalue weighted by Gasteiger charge is 2.29. The summed E-state index contributed by atoms with van der Waals surface area (Å²) in [7, 11) is 2.17. The first-order chi connectivity index (χ1) is 7.83. The summed E-state index contributed by atoms with van der Waals surface area (Å²) >= 11 is 0. The van der Waals surface area contributed by atoms with E-state index in [9.17, 15) is 0 Å². The van der Waals surface area contributed by atoms with Crippen LogP contribution < -0.4 is 5.73 Å². The van der Waals surface area contributed by atoms with Crippen molar-refractivity contribution in [3.05, 3.63) is 35.5 Å². The average molecular weight is 214 g/mol. The SMILES string of the molecule is Cn1c(CCN)c(C2CC2)c2ccccc21. The van der Waals surface area contributed by atoms with E-state index in [0.29, 0.717) is 0 Å². The van der Waals surface area contributed by atoms with Crippen molar-refractivity contribution in [3.8, 4) is 0 Å². The van der Waals surface area contributed by atoms with Crippen LogP contribution in [0, 0.1) is 0 Å². The van der Waals surface area contributed by atoms with E-state index >= 15 is 0 Å². The molecule has 1 aromatic heterocycles. The zero-order valence-corrected chi connectivity index (χ0v) is 9.74. The molecule has 1 aromatic carbocycles. The second-order valence-electron chi connectivity index (χ2n) is 4.75. The molecule has 0 unspecified atom stereocenters. The summed E-state index contributed by atoms with van der Waals surface area (Å²) in [5.41, 5.74) is 10.1. The number of fused-ring (bicyclic) bond motifs is 1. The molecule has 1 aliphatic rings. The molecule has 0 atom stereocenters. The first-order valence-electron chi connectivity index (χ1n) is 6.09. The molecule has 2 N–H and O–H groups in total. The summed E-state index contributed by atoms with van der Waals surface area (Å²) in [4.78, 5) is 0. The van der Waals surface area contributed by atoms with Crippen LogP contribution in [0.4, 0.5) is 0 Å². The monoisotopic (exact) mass is 214 g/mol. The van der Waals surface area contributed by atoms with Gasteiger partial charge in [0.2, 0.25) is 0 Å². The molecule has 0 aliphatic heterocycles. The van der Waals surface area contributed by atoms with Crippen molar-refractivity contribution < 1.29 is 0 Å². The van der Waals surface area contributed by atoms with E-state index in [1.807, 2.05) is 0 Å². The minimum absolute atomic E-state index is 0.740. The molecule has 3 rings (SSSR count). The van der Waals surface area contributed by atoms with Gasteiger partial charge in [-0.2, -0.15) is 0 Å². The molecule has 0 saturated heterocycles. The van der Waals surface area contributed by atoms with Gasteiger partial charge in [-0.25, -0.2) is 0 Å². The summed E-state index contributed by atoms with van der Waals surface area (Å²) in [6.07, 6.45) is 3.70. The fourth-order valence-corrected chi connectivity index (χ4v) is 2.74. The smallest absolute Gasteiger partial charge is 0.0482 e. The van der Waals surface area contributed by atoms with Gasteiger partial charge in [-0.1, -0.05) is 18.2 Å². The second kappa shape index (κ2) is 3.63. The summed E-state index contributed by atoms with van der Waals surface area (Å²) in [5, 5.41) is 1.44. The van der Waals surface area contributed by atoms with Gasteiger partial charge in [0.05, 0.1) is 0 Å². The van der Waals surface area contributed by atoms with Crippen molar-refractivity contribution in [1.29, 1.82) is 0 Å². The molecule has 1 saturated carbocycles. The molecular weight excluding hydrogens is 196 g/mol. The van der Waals surface area contributed by atoms with Gasteiger partial charge in [0, 0.05) is 30.1 Å². The molecule has 1 fully saturated rings. The van der Waals surface area contributed by atoms with Crippen molar-refractivity contribution in [2.24, 2.45) is 12.8 Å². The van der Waals surface area contributed by atoms with E-state index < -0.39 is 0 Å². The molecule has 2 heteroatoms. The third-order valence-electron chi connectivity index (χ3n) is 3.64. The fourth-order valence-electron chi connectivity index (χ4n) is 2.74. The quantitative estimate of drug-likeness (QED) is 0.836. The highest BCUT2D eigenvalue weighted by atomic mass is 15.0. The van der Waals surface area contributed by atoms with Gasteiger partial charge in [0.15, 0.2) is 0 Å². The maximum absolute atomic E-state index is 5.73. The van der Waals surface area contributed by atoms with Crippen LogP contribution >= 0.6 is 0 Å². The van der Waals surface area contributed by atoms with Gasteiger partial charge in [0.1, 0.15) is 0 Å². The Morgan fingerprint density at radius 1 is 1.31 bits per heavy atom. The number of benzene rings is 1. The molecular formula is C14H18N2. The minimum atomic E-state index is 0.740. The Kier molecular flexibility index (Phi) is 2.25. The molecule has 84 valence electrons. The summed E-state index contributed by atoms with van der Waals surface area (Å²) in [6, 6.07) is 8.72. The van der Waals surface area contributed by atoms with Crippen LogP contribution in [0.25, 0.3) is 10.9 Å². The first kappa shape index (κ1) is 9.91. The number of aryl methyl sites for hydroxylation is 1. The zero-order valence-electron chi connectivity index (χ0n) is 9.74. The maximum Gasteiger partial charge on any atom is 0.0482 e. The molecule has 1 heterocycles. The van der Waals surface area contributed by atoms with Gasteiger partial charge in [-0.15, -0.1) is 0 Å². The fraction of sp³-hybridized carbons (Fsp3) is 0.429. The predicted molar refractivity (Wildman–Crippen MR) is 67.7 cm³/mol. The molecule has 0 amide bonds. The Labute approximate surface area is 96.1 Å². The maximum atomic E-state index is 5.73. The van der Waals surface area contributed by atoms with Gasteiger partial charge >= 0.3 is 0 Å². The molecule has 1 aliphatic carbocycles. The molecule has 2 nitrogen and oxygen atoms in total. The number of nitrogens with zero attached hydrogens (tertiary/aromatic N) is 1. The Morgan fingerprint density at radius 3 is 2.75 bits per heavy atom. The van der Waals surface area contributed by atoms with Crippen molar-refractivity contribution in [2.45, 2.75) is 25.2 Å². The summed E-state index contributed by atoms with van der Waals surface area (Å²) in [5.74, 6) is 0.799. The predicted octanol–water partition coefficient (Wildman–Crippen LogP) is 2.56. The zero-order chi connectivity index (χ0) is 11.1. The number of nitrogens with two attached hydrogens (primary N) is 1. The number of rotatable bonds is 3. The minimum Gasteiger partial charge on any atom is -0.347 e. The third-order valence-corrected chi connectivity index (χ3v) is 3.64. The van der Waals surface area contributed by atoms with Crippen LogP contribution in [0.3, 0.4) is 0 Å². The molecule has 0 bridgehead atoms. The number of para-hydroxylation sites is 1. The van der Waals surface area contributed by atoms with Crippen LogP contribution in [0.1, 0.15) is 30.0 Å². The Morgan fingerprint density at radius 2 is 2.06 bits per heavy atom. The highest BCUT2D eigenvalue weighted by Crippen LogP contribution is 2.45. The van der Waals surface area contributed by atoms with E-state index in [2.05, 4.69) is 35.9 Å². The Balaban J connectivity index is 2.28. The van der Waals surface area contributed by atoms with E-state index in [1.54, 1.807) is 5.56 Å². The highest BCUT2D eigenvalue weighted by molar-refractivity contribution is 5.86. The van der Waals surface area contributed by atoms with Crippen LogP contribution in [0.2, 0.25) is 0 Å². The largest absolute Gasteiger partial charge is 0.347 e. The lowest BCUT2D eigenvalue weighted by molar-refractivity contribution is 0.809. The van der Waals surface area contributed by atoms with E-state index in [0.717, 1.165) is 18.9 Å². The van der Waals surface area contributed by atoms with Crippen LogP contribution in [0.15, 0.2) is 24.3 Å². The van der Waals surface area contributed by atoms with E-state index in [1.165, 1.54) is 29.4 Å². The van der Waals surface area contributed by atoms with Crippen molar-refractivity contribution in [1.82, 2.24) is 4.57 Å². The lowest BCUT2D eigenvalue weighted by Gasteiger charge is -2.05. The van der Waals surface area contributed by atoms with E-state index in [-0.39, 0.29) is 0 Å². The summed E-state index contributed by atoms with van der Waals surface area (Å²) < 4.78 is 2.33. The van der Waals surface area contributed by atoms with Crippen LogP contribution in [-0.2, 0) is 13.5 Å². The van der Waals surface area contributed by atoms with Crippen LogP contribution in [-0.4, -0.2) is 11.1 Å². The van der Waals surface area contributed by atoms with Gasteiger partial charge in [-0.05, 0) is 36.9 Å². The molecule has 2 aromatic rings. The average Bonchev–Trinajstić information content (AvgIpc) is 3.09. The molecule has 0 radical (unpaired) electrons.